The molecule has 2 aromatic carbocycles. The average molecular weight is 452 g/mol. The van der Waals surface area contributed by atoms with Crippen LogP contribution in [0.2, 0.25) is 0 Å². The highest BCUT2D eigenvalue weighted by Crippen LogP contribution is 2.37. The molecule has 1 heterocycles. The Morgan fingerprint density at radius 1 is 0.969 bits per heavy atom. The number of anilines is 1. The maximum absolute atomic E-state index is 12.7. The molecule has 1 N–H and O–H groups in total. The first-order valence-electron chi connectivity index (χ1n) is 10.2. The number of benzene rings is 2. The summed E-state index contributed by atoms with van der Waals surface area (Å²) >= 11 is 1.28. The SMILES string of the molecule is CCOC(=O)c1c(-c2ccc(OC)cc2)csc1NC(=O)/C=C/c1ccc(OCC)cc1. The summed E-state index contributed by atoms with van der Waals surface area (Å²) in [5, 5.41) is 5.08. The van der Waals surface area contributed by atoms with Crippen LogP contribution in [0.15, 0.2) is 60.0 Å². The van der Waals surface area contributed by atoms with Crippen LogP contribution < -0.4 is 14.8 Å². The zero-order valence-electron chi connectivity index (χ0n) is 18.2. The van der Waals surface area contributed by atoms with Crippen molar-refractivity contribution < 1.29 is 23.8 Å². The summed E-state index contributed by atoms with van der Waals surface area (Å²) in [5.41, 5.74) is 2.72. The number of thiophene rings is 1. The van der Waals surface area contributed by atoms with E-state index in [2.05, 4.69) is 5.32 Å². The molecule has 0 saturated carbocycles. The van der Waals surface area contributed by atoms with Crippen molar-refractivity contribution in [2.45, 2.75) is 13.8 Å². The van der Waals surface area contributed by atoms with E-state index in [1.54, 1.807) is 20.1 Å². The molecule has 0 radical (unpaired) electrons. The second kappa shape index (κ2) is 11.2. The van der Waals surface area contributed by atoms with Crippen LogP contribution in [0.25, 0.3) is 17.2 Å². The second-order valence-electron chi connectivity index (χ2n) is 6.63. The van der Waals surface area contributed by atoms with Crippen molar-refractivity contribution in [2.75, 3.05) is 25.6 Å². The number of carbonyl (C=O) groups is 2. The van der Waals surface area contributed by atoms with Crippen molar-refractivity contribution in [3.8, 4) is 22.6 Å². The summed E-state index contributed by atoms with van der Waals surface area (Å²) in [7, 11) is 1.60. The number of hydrogen-bond acceptors (Lipinski definition) is 6. The number of methoxy groups -OCH3 is 1. The third-order valence-electron chi connectivity index (χ3n) is 4.53. The summed E-state index contributed by atoms with van der Waals surface area (Å²) in [5.74, 6) is 0.672. The monoisotopic (exact) mass is 451 g/mol. The number of esters is 1. The molecule has 0 aliphatic rings. The first kappa shape index (κ1) is 23.1. The van der Waals surface area contributed by atoms with Crippen LogP contribution in [0.1, 0.15) is 29.8 Å². The van der Waals surface area contributed by atoms with E-state index >= 15 is 0 Å². The molecule has 7 heteroatoms. The average Bonchev–Trinajstić information content (AvgIpc) is 3.22. The van der Waals surface area contributed by atoms with Crippen LogP contribution in [0, 0.1) is 0 Å². The maximum atomic E-state index is 12.7. The molecule has 1 aromatic heterocycles. The molecule has 1 amide bonds. The van der Waals surface area contributed by atoms with E-state index < -0.39 is 5.97 Å². The molecule has 3 aromatic rings. The number of ether oxygens (including phenoxy) is 3. The van der Waals surface area contributed by atoms with E-state index in [0.717, 1.165) is 22.6 Å². The minimum absolute atomic E-state index is 0.238. The van der Waals surface area contributed by atoms with Gasteiger partial charge in [0.1, 0.15) is 22.1 Å². The summed E-state index contributed by atoms with van der Waals surface area (Å²) in [6, 6.07) is 14.8. The lowest BCUT2D eigenvalue weighted by molar-refractivity contribution is -0.111. The number of rotatable bonds is 9. The summed E-state index contributed by atoms with van der Waals surface area (Å²) in [6.45, 7) is 4.50. The summed E-state index contributed by atoms with van der Waals surface area (Å²) in [6.07, 6.45) is 3.13. The predicted molar refractivity (Wildman–Crippen MR) is 128 cm³/mol. The quantitative estimate of drug-likeness (QED) is 0.336. The number of nitrogens with one attached hydrogen (secondary N) is 1. The van der Waals surface area contributed by atoms with Crippen molar-refractivity contribution in [3.63, 3.8) is 0 Å². The molecule has 166 valence electrons. The minimum atomic E-state index is -0.481. The minimum Gasteiger partial charge on any atom is -0.497 e. The number of amides is 1. The van der Waals surface area contributed by atoms with Crippen molar-refractivity contribution in [1.82, 2.24) is 0 Å². The molecule has 0 fully saturated rings. The van der Waals surface area contributed by atoms with Crippen LogP contribution in [0.5, 0.6) is 11.5 Å². The van der Waals surface area contributed by atoms with Crippen LogP contribution in [0.3, 0.4) is 0 Å². The normalized spacial score (nSPS) is 10.7. The third kappa shape index (κ3) is 5.76. The maximum Gasteiger partial charge on any atom is 0.341 e. The first-order valence-corrected chi connectivity index (χ1v) is 11.1. The number of hydrogen-bond donors (Lipinski definition) is 1. The van der Waals surface area contributed by atoms with Crippen molar-refractivity contribution in [2.24, 2.45) is 0 Å². The lowest BCUT2D eigenvalue weighted by Crippen LogP contribution is -2.12. The molecule has 0 atom stereocenters. The van der Waals surface area contributed by atoms with Gasteiger partial charge in [-0.2, -0.15) is 0 Å². The second-order valence-corrected chi connectivity index (χ2v) is 7.51. The van der Waals surface area contributed by atoms with E-state index in [1.165, 1.54) is 17.4 Å². The van der Waals surface area contributed by atoms with E-state index in [0.29, 0.717) is 22.7 Å². The summed E-state index contributed by atoms with van der Waals surface area (Å²) < 4.78 is 15.9. The van der Waals surface area contributed by atoms with E-state index in [4.69, 9.17) is 14.2 Å². The van der Waals surface area contributed by atoms with Gasteiger partial charge in [0.25, 0.3) is 0 Å². The van der Waals surface area contributed by atoms with Crippen LogP contribution >= 0.6 is 11.3 Å². The van der Waals surface area contributed by atoms with E-state index in [1.807, 2.05) is 60.8 Å². The molecule has 3 rings (SSSR count). The molecule has 6 nitrogen and oxygen atoms in total. The van der Waals surface area contributed by atoms with E-state index in [-0.39, 0.29) is 12.5 Å². The first-order chi connectivity index (χ1) is 15.5. The molecule has 0 aliphatic heterocycles. The Balaban J connectivity index is 1.80. The Hall–Kier alpha value is -3.58. The molecule has 0 aliphatic carbocycles. The fourth-order valence-corrected chi connectivity index (χ4v) is 3.97. The molecule has 32 heavy (non-hydrogen) atoms. The lowest BCUT2D eigenvalue weighted by atomic mass is 10.0. The molecular formula is C25H25NO5S. The van der Waals surface area contributed by atoms with Crippen molar-refractivity contribution in [1.29, 1.82) is 0 Å². The Bertz CT molecular complexity index is 1080. The van der Waals surface area contributed by atoms with Crippen LogP contribution in [0.4, 0.5) is 5.00 Å². The zero-order chi connectivity index (χ0) is 22.9. The number of carbonyl (C=O) groups excluding carboxylic acids is 2. The molecule has 0 unspecified atom stereocenters. The largest absolute Gasteiger partial charge is 0.497 e. The topological polar surface area (TPSA) is 73.9 Å². The van der Waals surface area contributed by atoms with Gasteiger partial charge in [0.2, 0.25) is 5.91 Å². The van der Waals surface area contributed by atoms with Gasteiger partial charge in [0.15, 0.2) is 0 Å². The molecule has 0 saturated heterocycles. The Morgan fingerprint density at radius 2 is 1.66 bits per heavy atom. The van der Waals surface area contributed by atoms with Gasteiger partial charge in [-0.15, -0.1) is 11.3 Å². The Labute approximate surface area is 191 Å². The fourth-order valence-electron chi connectivity index (χ4n) is 3.01. The van der Waals surface area contributed by atoms with Crippen LogP contribution in [-0.2, 0) is 9.53 Å². The zero-order valence-corrected chi connectivity index (χ0v) is 19.0. The highest BCUT2D eigenvalue weighted by molar-refractivity contribution is 7.15. The van der Waals surface area contributed by atoms with Gasteiger partial charge in [-0.3, -0.25) is 4.79 Å². The predicted octanol–water partition coefficient (Wildman–Crippen LogP) is 5.65. The highest BCUT2D eigenvalue weighted by Gasteiger charge is 2.22. The van der Waals surface area contributed by atoms with Gasteiger partial charge in [0, 0.05) is 17.0 Å². The smallest absolute Gasteiger partial charge is 0.341 e. The van der Waals surface area contributed by atoms with Gasteiger partial charge < -0.3 is 19.5 Å². The van der Waals surface area contributed by atoms with Gasteiger partial charge in [-0.05, 0) is 55.3 Å². The van der Waals surface area contributed by atoms with Crippen molar-refractivity contribution >= 4 is 34.3 Å². The van der Waals surface area contributed by atoms with Crippen LogP contribution in [-0.4, -0.2) is 32.2 Å². The van der Waals surface area contributed by atoms with Gasteiger partial charge in [-0.1, -0.05) is 24.3 Å². The van der Waals surface area contributed by atoms with Gasteiger partial charge in [-0.25, -0.2) is 4.79 Å². The summed E-state index contributed by atoms with van der Waals surface area (Å²) in [4.78, 5) is 25.2. The molecule has 0 bridgehead atoms. The fraction of sp³-hybridized carbons (Fsp3) is 0.200. The molecular weight excluding hydrogens is 426 g/mol. The van der Waals surface area contributed by atoms with Gasteiger partial charge >= 0.3 is 5.97 Å². The van der Waals surface area contributed by atoms with E-state index in [9.17, 15) is 9.59 Å². The third-order valence-corrected chi connectivity index (χ3v) is 5.42. The lowest BCUT2D eigenvalue weighted by Gasteiger charge is -2.08. The standard InChI is InChI=1S/C25H25NO5S/c1-4-30-20-11-6-17(7-12-20)8-15-22(27)26-24-23(25(28)31-5-2)21(16-32-24)18-9-13-19(29-3)14-10-18/h6-16H,4-5H2,1-3H3,(H,26,27)/b15-8+. The van der Waals surface area contributed by atoms with Gasteiger partial charge in [0.05, 0.1) is 20.3 Å². The van der Waals surface area contributed by atoms with Crippen molar-refractivity contribution in [3.05, 3.63) is 71.1 Å². The Kier molecular flexibility index (Phi) is 8.05. The Morgan fingerprint density at radius 3 is 2.28 bits per heavy atom. The highest BCUT2D eigenvalue weighted by atomic mass is 32.1. The molecule has 0 spiro atoms.